The van der Waals surface area contributed by atoms with Gasteiger partial charge in [0.25, 0.3) is 0 Å². The largest absolute Gasteiger partial charge is 0.480 e. The molecule has 1 fully saturated rings. The van der Waals surface area contributed by atoms with E-state index in [9.17, 15) is 4.79 Å². The number of carboxylic acids is 1. The summed E-state index contributed by atoms with van der Waals surface area (Å²) in [6.45, 7) is 2.64. The standard InChI is InChI=1S/C13H14N2O2/c1-9-4-5-10(8-14)12(7-9)15-6-2-3-11(15)13(16)17/h4-5,7,11H,2-3,6H2,1H3,(H,16,17). The van der Waals surface area contributed by atoms with Crippen LogP contribution in [0.4, 0.5) is 5.69 Å². The highest BCUT2D eigenvalue weighted by molar-refractivity contribution is 5.80. The molecular weight excluding hydrogens is 216 g/mol. The zero-order valence-corrected chi connectivity index (χ0v) is 9.68. The Bertz CT molecular complexity index is 491. The molecule has 1 heterocycles. The maximum atomic E-state index is 11.1. The maximum Gasteiger partial charge on any atom is 0.326 e. The van der Waals surface area contributed by atoms with Gasteiger partial charge >= 0.3 is 5.97 Å². The lowest BCUT2D eigenvalue weighted by atomic mass is 10.1. The minimum atomic E-state index is -0.812. The number of nitriles is 1. The van der Waals surface area contributed by atoms with E-state index >= 15 is 0 Å². The fourth-order valence-electron chi connectivity index (χ4n) is 2.29. The molecule has 17 heavy (non-hydrogen) atoms. The summed E-state index contributed by atoms with van der Waals surface area (Å²) in [7, 11) is 0. The lowest BCUT2D eigenvalue weighted by molar-refractivity contribution is -0.138. The van der Waals surface area contributed by atoms with Crippen LogP contribution in [0.3, 0.4) is 0 Å². The quantitative estimate of drug-likeness (QED) is 0.843. The highest BCUT2D eigenvalue weighted by Crippen LogP contribution is 2.29. The molecule has 4 nitrogen and oxygen atoms in total. The molecule has 0 radical (unpaired) electrons. The van der Waals surface area contributed by atoms with Gasteiger partial charge in [0.2, 0.25) is 0 Å². The number of hydrogen-bond acceptors (Lipinski definition) is 3. The van der Waals surface area contributed by atoms with Gasteiger partial charge < -0.3 is 10.0 Å². The number of rotatable bonds is 2. The molecule has 2 rings (SSSR count). The Kier molecular flexibility index (Phi) is 3.01. The van der Waals surface area contributed by atoms with E-state index in [-0.39, 0.29) is 0 Å². The van der Waals surface area contributed by atoms with Gasteiger partial charge in [-0.3, -0.25) is 0 Å². The van der Waals surface area contributed by atoms with Crippen LogP contribution in [0.1, 0.15) is 24.0 Å². The zero-order valence-electron chi connectivity index (χ0n) is 9.68. The van der Waals surface area contributed by atoms with Crippen LogP contribution >= 0.6 is 0 Å². The molecule has 1 atom stereocenters. The Labute approximate surface area is 100 Å². The van der Waals surface area contributed by atoms with Crippen LogP contribution in [-0.4, -0.2) is 23.7 Å². The van der Waals surface area contributed by atoms with E-state index in [1.165, 1.54) is 0 Å². The summed E-state index contributed by atoms with van der Waals surface area (Å²) in [6, 6.07) is 7.14. The van der Waals surface area contributed by atoms with Gasteiger partial charge in [-0.1, -0.05) is 6.07 Å². The van der Waals surface area contributed by atoms with E-state index in [0.29, 0.717) is 18.5 Å². The third-order valence-corrected chi connectivity index (χ3v) is 3.12. The van der Waals surface area contributed by atoms with Crippen molar-refractivity contribution in [2.45, 2.75) is 25.8 Å². The van der Waals surface area contributed by atoms with Crippen molar-refractivity contribution in [2.75, 3.05) is 11.4 Å². The van der Waals surface area contributed by atoms with Gasteiger partial charge in [-0.15, -0.1) is 0 Å². The summed E-state index contributed by atoms with van der Waals surface area (Å²) in [5, 5.41) is 18.2. The smallest absolute Gasteiger partial charge is 0.326 e. The first-order valence-electron chi connectivity index (χ1n) is 5.63. The second-order valence-corrected chi connectivity index (χ2v) is 4.32. The van der Waals surface area contributed by atoms with E-state index in [0.717, 1.165) is 17.7 Å². The minimum Gasteiger partial charge on any atom is -0.480 e. The fraction of sp³-hybridized carbons (Fsp3) is 0.385. The molecular formula is C13H14N2O2. The summed E-state index contributed by atoms with van der Waals surface area (Å²) in [6.07, 6.45) is 1.50. The van der Waals surface area contributed by atoms with Crippen molar-refractivity contribution in [3.8, 4) is 6.07 Å². The topological polar surface area (TPSA) is 64.3 Å². The summed E-state index contributed by atoms with van der Waals surface area (Å²) in [5.41, 5.74) is 2.33. The molecule has 0 spiro atoms. The van der Waals surface area contributed by atoms with Gasteiger partial charge in [0.05, 0.1) is 11.3 Å². The van der Waals surface area contributed by atoms with Crippen molar-refractivity contribution in [3.63, 3.8) is 0 Å². The van der Waals surface area contributed by atoms with Crippen LogP contribution in [-0.2, 0) is 4.79 Å². The number of anilines is 1. The molecule has 1 unspecified atom stereocenters. The van der Waals surface area contributed by atoms with Gasteiger partial charge in [0.1, 0.15) is 12.1 Å². The Hall–Kier alpha value is -2.02. The van der Waals surface area contributed by atoms with E-state index in [4.69, 9.17) is 10.4 Å². The number of benzene rings is 1. The molecule has 1 aromatic carbocycles. The van der Waals surface area contributed by atoms with E-state index in [1.54, 1.807) is 6.07 Å². The predicted molar refractivity (Wildman–Crippen MR) is 63.9 cm³/mol. The van der Waals surface area contributed by atoms with Crippen LogP contribution in [0.25, 0.3) is 0 Å². The van der Waals surface area contributed by atoms with Crippen LogP contribution in [0.15, 0.2) is 18.2 Å². The SMILES string of the molecule is Cc1ccc(C#N)c(N2CCCC2C(=O)O)c1. The first-order chi connectivity index (χ1) is 8.13. The van der Waals surface area contributed by atoms with Gasteiger partial charge in [-0.2, -0.15) is 5.26 Å². The Morgan fingerprint density at radius 3 is 3.00 bits per heavy atom. The number of hydrogen-bond donors (Lipinski definition) is 1. The van der Waals surface area contributed by atoms with Gasteiger partial charge in [-0.25, -0.2) is 4.79 Å². The Balaban J connectivity index is 2.42. The second-order valence-electron chi connectivity index (χ2n) is 4.32. The Morgan fingerprint density at radius 1 is 1.59 bits per heavy atom. The van der Waals surface area contributed by atoms with Crippen LogP contribution < -0.4 is 4.90 Å². The number of carboxylic acid groups (broad SMARTS) is 1. The molecule has 0 saturated carbocycles. The summed E-state index contributed by atoms with van der Waals surface area (Å²) >= 11 is 0. The van der Waals surface area contributed by atoms with E-state index < -0.39 is 12.0 Å². The van der Waals surface area contributed by atoms with Gasteiger partial charge in [-0.05, 0) is 37.5 Å². The monoisotopic (exact) mass is 230 g/mol. The second kappa shape index (κ2) is 4.46. The average Bonchev–Trinajstić information content (AvgIpc) is 2.77. The molecule has 0 amide bonds. The molecule has 1 saturated heterocycles. The van der Waals surface area contributed by atoms with Crippen molar-refractivity contribution < 1.29 is 9.90 Å². The lowest BCUT2D eigenvalue weighted by Crippen LogP contribution is -2.36. The molecule has 1 aromatic rings. The third kappa shape index (κ3) is 2.09. The first kappa shape index (κ1) is 11.5. The molecule has 1 aliphatic rings. The van der Waals surface area contributed by atoms with Crippen LogP contribution in [0.2, 0.25) is 0 Å². The van der Waals surface area contributed by atoms with Crippen LogP contribution in [0.5, 0.6) is 0 Å². The van der Waals surface area contributed by atoms with Crippen molar-refractivity contribution >= 4 is 11.7 Å². The third-order valence-electron chi connectivity index (χ3n) is 3.12. The number of aliphatic carboxylic acids is 1. The molecule has 1 aliphatic heterocycles. The summed E-state index contributed by atoms with van der Waals surface area (Å²) in [5.74, 6) is -0.812. The van der Waals surface area contributed by atoms with Crippen molar-refractivity contribution in [2.24, 2.45) is 0 Å². The highest BCUT2D eigenvalue weighted by Gasteiger charge is 2.31. The summed E-state index contributed by atoms with van der Waals surface area (Å²) in [4.78, 5) is 13.0. The van der Waals surface area contributed by atoms with Gasteiger partial charge in [0, 0.05) is 6.54 Å². The average molecular weight is 230 g/mol. The molecule has 1 N–H and O–H groups in total. The fourth-order valence-corrected chi connectivity index (χ4v) is 2.29. The van der Waals surface area contributed by atoms with E-state index in [2.05, 4.69) is 6.07 Å². The van der Waals surface area contributed by atoms with E-state index in [1.807, 2.05) is 24.0 Å². The lowest BCUT2D eigenvalue weighted by Gasteiger charge is -2.24. The van der Waals surface area contributed by atoms with Crippen LogP contribution in [0, 0.1) is 18.3 Å². The molecule has 4 heteroatoms. The molecule has 0 aromatic heterocycles. The number of carbonyl (C=O) groups is 1. The number of nitrogens with zero attached hydrogens (tertiary/aromatic N) is 2. The first-order valence-corrected chi connectivity index (χ1v) is 5.63. The normalized spacial score (nSPS) is 19.1. The molecule has 0 bridgehead atoms. The molecule has 0 aliphatic carbocycles. The van der Waals surface area contributed by atoms with Crippen molar-refractivity contribution in [1.82, 2.24) is 0 Å². The van der Waals surface area contributed by atoms with Crippen molar-refractivity contribution in [1.29, 1.82) is 5.26 Å². The maximum absolute atomic E-state index is 11.1. The summed E-state index contributed by atoms with van der Waals surface area (Å²) < 4.78 is 0. The van der Waals surface area contributed by atoms with Crippen molar-refractivity contribution in [3.05, 3.63) is 29.3 Å². The zero-order chi connectivity index (χ0) is 12.4. The van der Waals surface area contributed by atoms with Gasteiger partial charge in [0.15, 0.2) is 0 Å². The number of aryl methyl sites for hydroxylation is 1. The molecule has 88 valence electrons. The highest BCUT2D eigenvalue weighted by atomic mass is 16.4. The Morgan fingerprint density at radius 2 is 2.35 bits per heavy atom. The predicted octanol–water partition coefficient (Wildman–Crippen LogP) is 1.92. The minimum absolute atomic E-state index is 0.496.